The number of ether oxygens (including phenoxy) is 1. The van der Waals surface area contributed by atoms with Crippen LogP contribution in [0.5, 0.6) is 0 Å². The normalized spacial score (nSPS) is 11.7. The van der Waals surface area contributed by atoms with Gasteiger partial charge in [-0.15, -0.1) is 0 Å². The average molecular weight is 351 g/mol. The van der Waals surface area contributed by atoms with E-state index in [1.54, 1.807) is 18.2 Å². The van der Waals surface area contributed by atoms with Crippen molar-refractivity contribution in [2.45, 2.75) is 25.4 Å². The van der Waals surface area contributed by atoms with Crippen LogP contribution in [0.4, 0.5) is 0 Å². The Morgan fingerprint density at radius 3 is 2.48 bits per heavy atom. The van der Waals surface area contributed by atoms with Crippen molar-refractivity contribution >= 4 is 35.5 Å². The van der Waals surface area contributed by atoms with Gasteiger partial charge in [0.15, 0.2) is 0 Å². The largest absolute Gasteiger partial charge is 0.461 e. The first-order chi connectivity index (χ1) is 11.1. The van der Waals surface area contributed by atoms with Crippen molar-refractivity contribution in [1.82, 2.24) is 0 Å². The van der Waals surface area contributed by atoms with Crippen molar-refractivity contribution in [2.75, 3.05) is 0 Å². The maximum atomic E-state index is 12.0. The summed E-state index contributed by atoms with van der Waals surface area (Å²) in [6.07, 6.45) is 1.12. The molecule has 0 aromatic heterocycles. The van der Waals surface area contributed by atoms with Gasteiger partial charge in [-0.25, -0.2) is 0 Å². The van der Waals surface area contributed by atoms with Gasteiger partial charge in [-0.1, -0.05) is 59.6 Å². The Morgan fingerprint density at radius 1 is 1.09 bits per heavy atom. The predicted molar refractivity (Wildman–Crippen MR) is 90.7 cm³/mol. The number of carbonyl (C=O) groups is 2. The molecule has 2 aromatic carbocycles. The molecular weight excluding hydrogens is 335 g/mol. The molecule has 0 radical (unpaired) electrons. The van der Waals surface area contributed by atoms with Crippen LogP contribution in [-0.4, -0.2) is 12.3 Å². The molecule has 0 heterocycles. The monoisotopic (exact) mass is 350 g/mol. The number of carbonyl (C=O) groups excluding carboxylic acids is 2. The third-order valence-corrected chi connectivity index (χ3v) is 4.19. The van der Waals surface area contributed by atoms with Crippen molar-refractivity contribution in [3.05, 3.63) is 69.7 Å². The first kappa shape index (κ1) is 17.5. The quantitative estimate of drug-likeness (QED) is 0.532. The summed E-state index contributed by atoms with van der Waals surface area (Å²) in [7, 11) is 0. The zero-order valence-electron chi connectivity index (χ0n) is 12.4. The Kier molecular flexibility index (Phi) is 6.63. The van der Waals surface area contributed by atoms with Crippen LogP contribution in [0.3, 0.4) is 0 Å². The first-order valence-corrected chi connectivity index (χ1v) is 7.94. The summed E-state index contributed by atoms with van der Waals surface area (Å²) in [6, 6.07) is 14.5. The SMILES string of the molecule is O=CCC(CC(=O)OCc1ccccc1)c1ccc(Cl)c(Cl)c1. The van der Waals surface area contributed by atoms with Gasteiger partial charge in [0.05, 0.1) is 16.5 Å². The molecule has 3 nitrogen and oxygen atoms in total. The lowest BCUT2D eigenvalue weighted by molar-refractivity contribution is -0.145. The minimum Gasteiger partial charge on any atom is -0.461 e. The third-order valence-electron chi connectivity index (χ3n) is 3.45. The van der Waals surface area contributed by atoms with E-state index >= 15 is 0 Å². The molecule has 120 valence electrons. The molecule has 0 fully saturated rings. The summed E-state index contributed by atoms with van der Waals surface area (Å²) in [6.45, 7) is 0.217. The molecule has 2 rings (SSSR count). The van der Waals surface area contributed by atoms with Gasteiger partial charge in [0, 0.05) is 12.3 Å². The lowest BCUT2D eigenvalue weighted by atomic mass is 9.93. The fraction of sp³-hybridized carbons (Fsp3) is 0.222. The maximum Gasteiger partial charge on any atom is 0.306 e. The van der Waals surface area contributed by atoms with E-state index in [0.717, 1.165) is 17.4 Å². The average Bonchev–Trinajstić information content (AvgIpc) is 2.56. The zero-order valence-corrected chi connectivity index (χ0v) is 13.9. The van der Waals surface area contributed by atoms with Crippen LogP contribution < -0.4 is 0 Å². The Bertz CT molecular complexity index is 671. The summed E-state index contributed by atoms with van der Waals surface area (Å²) in [5, 5.41) is 0.838. The van der Waals surface area contributed by atoms with Crippen LogP contribution in [0.1, 0.15) is 29.9 Å². The second kappa shape index (κ2) is 8.70. The van der Waals surface area contributed by atoms with Crippen molar-refractivity contribution in [1.29, 1.82) is 0 Å². The molecule has 0 amide bonds. The van der Waals surface area contributed by atoms with Gasteiger partial charge in [0.2, 0.25) is 0 Å². The van der Waals surface area contributed by atoms with Crippen molar-refractivity contribution in [2.24, 2.45) is 0 Å². The molecule has 0 bridgehead atoms. The van der Waals surface area contributed by atoms with E-state index in [0.29, 0.717) is 10.0 Å². The standard InChI is InChI=1S/C18H16Cl2O3/c19-16-7-6-14(10-17(16)20)15(8-9-21)11-18(22)23-12-13-4-2-1-3-5-13/h1-7,9-10,15H,8,11-12H2. The van der Waals surface area contributed by atoms with Crippen LogP contribution >= 0.6 is 23.2 Å². The number of hydrogen-bond acceptors (Lipinski definition) is 3. The van der Waals surface area contributed by atoms with Crippen LogP contribution in [0.25, 0.3) is 0 Å². The van der Waals surface area contributed by atoms with E-state index in [9.17, 15) is 9.59 Å². The fourth-order valence-corrected chi connectivity index (χ4v) is 2.52. The highest BCUT2D eigenvalue weighted by atomic mass is 35.5. The molecule has 2 aromatic rings. The lowest BCUT2D eigenvalue weighted by Gasteiger charge is -2.15. The number of aldehydes is 1. The number of rotatable bonds is 7. The predicted octanol–water partition coefficient (Wildman–Crippen LogP) is 4.80. The van der Waals surface area contributed by atoms with Gasteiger partial charge < -0.3 is 9.53 Å². The molecule has 1 unspecified atom stereocenters. The topological polar surface area (TPSA) is 43.4 Å². The first-order valence-electron chi connectivity index (χ1n) is 7.18. The molecule has 0 N–H and O–H groups in total. The molecule has 0 saturated heterocycles. The Morgan fingerprint density at radius 2 is 1.83 bits per heavy atom. The number of benzene rings is 2. The number of esters is 1. The highest BCUT2D eigenvalue weighted by Crippen LogP contribution is 2.29. The summed E-state index contributed by atoms with van der Waals surface area (Å²) in [4.78, 5) is 22.9. The molecule has 5 heteroatoms. The van der Waals surface area contributed by atoms with E-state index < -0.39 is 0 Å². The second-order valence-corrected chi connectivity index (χ2v) is 5.94. The minimum atomic E-state index is -0.355. The molecule has 0 spiro atoms. The van der Waals surface area contributed by atoms with Crippen LogP contribution in [0.2, 0.25) is 10.0 Å². The van der Waals surface area contributed by atoms with E-state index in [1.165, 1.54) is 0 Å². The van der Waals surface area contributed by atoms with Crippen LogP contribution in [0.15, 0.2) is 48.5 Å². The van der Waals surface area contributed by atoms with Crippen molar-refractivity contribution < 1.29 is 14.3 Å². The van der Waals surface area contributed by atoms with E-state index in [4.69, 9.17) is 27.9 Å². The molecule has 0 saturated carbocycles. The molecule has 23 heavy (non-hydrogen) atoms. The molecular formula is C18H16Cl2O3. The van der Waals surface area contributed by atoms with Gasteiger partial charge in [-0.3, -0.25) is 4.79 Å². The second-order valence-electron chi connectivity index (χ2n) is 5.12. The number of hydrogen-bond donors (Lipinski definition) is 0. The van der Waals surface area contributed by atoms with Gasteiger partial charge in [0.25, 0.3) is 0 Å². The summed E-state index contributed by atoms with van der Waals surface area (Å²) in [5.41, 5.74) is 1.71. The summed E-state index contributed by atoms with van der Waals surface area (Å²) < 4.78 is 5.27. The summed E-state index contributed by atoms with van der Waals surface area (Å²) in [5.74, 6) is -0.627. The fourth-order valence-electron chi connectivity index (χ4n) is 2.22. The maximum absolute atomic E-state index is 12.0. The van der Waals surface area contributed by atoms with Gasteiger partial charge >= 0.3 is 5.97 Å². The number of halogens is 2. The highest BCUT2D eigenvalue weighted by Gasteiger charge is 2.18. The molecule has 0 aliphatic carbocycles. The smallest absolute Gasteiger partial charge is 0.306 e. The molecule has 0 aliphatic rings. The van der Waals surface area contributed by atoms with E-state index in [2.05, 4.69) is 0 Å². The molecule has 1 atom stereocenters. The van der Waals surface area contributed by atoms with E-state index in [1.807, 2.05) is 30.3 Å². The van der Waals surface area contributed by atoms with Gasteiger partial charge in [-0.2, -0.15) is 0 Å². The zero-order chi connectivity index (χ0) is 16.7. The molecule has 0 aliphatic heterocycles. The minimum absolute atomic E-state index is 0.115. The van der Waals surface area contributed by atoms with Crippen LogP contribution in [0, 0.1) is 0 Å². The lowest BCUT2D eigenvalue weighted by Crippen LogP contribution is -2.11. The van der Waals surface area contributed by atoms with Gasteiger partial charge in [-0.05, 0) is 23.3 Å². The van der Waals surface area contributed by atoms with E-state index in [-0.39, 0.29) is 31.3 Å². The van der Waals surface area contributed by atoms with Crippen LogP contribution in [-0.2, 0) is 20.9 Å². The van der Waals surface area contributed by atoms with Crippen molar-refractivity contribution in [3.8, 4) is 0 Å². The van der Waals surface area contributed by atoms with Gasteiger partial charge in [0.1, 0.15) is 12.9 Å². The summed E-state index contributed by atoms with van der Waals surface area (Å²) >= 11 is 11.9. The Hall–Kier alpha value is -1.84. The Labute approximate surface area is 145 Å². The third kappa shape index (κ3) is 5.38. The Balaban J connectivity index is 1.99. The van der Waals surface area contributed by atoms with Crippen molar-refractivity contribution in [3.63, 3.8) is 0 Å². The highest BCUT2D eigenvalue weighted by molar-refractivity contribution is 6.42.